The van der Waals surface area contributed by atoms with Crippen LogP contribution in [-0.2, 0) is 16.8 Å². The number of halogens is 2. The van der Waals surface area contributed by atoms with Crippen molar-refractivity contribution in [3.63, 3.8) is 0 Å². The van der Waals surface area contributed by atoms with E-state index in [2.05, 4.69) is 76.6 Å². The van der Waals surface area contributed by atoms with Crippen LogP contribution < -0.4 is 32.5 Å². The molecule has 1 atom stereocenters. The average Bonchev–Trinajstić information content (AvgIpc) is 3.08. The summed E-state index contributed by atoms with van der Waals surface area (Å²) in [5.41, 5.74) is 4.89. The Balaban J connectivity index is 0.00000136. The fourth-order valence-electron chi connectivity index (χ4n) is 5.23. The zero-order valence-corrected chi connectivity index (χ0v) is 22.3. The van der Waals surface area contributed by atoms with Gasteiger partial charge < -0.3 is 24.8 Å². The summed E-state index contributed by atoms with van der Waals surface area (Å²) in [5, 5.41) is 9.87. The average molecular weight is 544 g/mol. The fraction of sp³-hybridized carbons (Fsp3) is 0.179. The first-order valence-electron chi connectivity index (χ1n) is 10.9. The van der Waals surface area contributed by atoms with Gasteiger partial charge in [0.2, 0.25) is 0 Å². The van der Waals surface area contributed by atoms with Crippen molar-refractivity contribution in [2.75, 3.05) is 0 Å². The monoisotopic (exact) mass is 543 g/mol. The second-order valence-corrected chi connectivity index (χ2v) is 15.5. The Kier molecular flexibility index (Phi) is 9.01. The SMILES string of the molecule is CC1=CC(C)c2c1c1ccccc1c1ccc[c]([Ti+2]([CH3])([CH3])[NH]C(=O)c3ccccc3)c21.[Cl-].[Cl-].[SiH4]. The number of fused-ring (bicyclic) bond motifs is 6. The van der Waals surface area contributed by atoms with Gasteiger partial charge >= 0.3 is 188 Å². The molecule has 0 heterocycles. The van der Waals surface area contributed by atoms with Crippen LogP contribution in [0.1, 0.15) is 41.3 Å². The maximum absolute atomic E-state index is 13.1. The quantitative estimate of drug-likeness (QED) is 0.268. The Morgan fingerprint density at radius 2 is 1.41 bits per heavy atom. The number of rotatable bonds is 3. The van der Waals surface area contributed by atoms with E-state index in [4.69, 9.17) is 0 Å². The minimum absolute atomic E-state index is 0. The fourth-order valence-corrected chi connectivity index (χ4v) is 8.75. The van der Waals surface area contributed by atoms with Crippen LogP contribution in [0.3, 0.4) is 0 Å². The Bertz CT molecular complexity index is 1390. The third-order valence-corrected chi connectivity index (χ3v) is 10.7. The molecule has 0 saturated heterocycles. The molecular weight excluding hydrogens is 513 g/mol. The van der Waals surface area contributed by atoms with Crippen LogP contribution >= 0.6 is 0 Å². The van der Waals surface area contributed by atoms with E-state index in [1.54, 1.807) is 0 Å². The first-order valence-corrected chi connectivity index (χ1v) is 15.6. The molecule has 0 radical (unpaired) electrons. The molecule has 1 N–H and O–H groups in total. The largest absolute Gasteiger partial charge is 1.00 e. The van der Waals surface area contributed by atoms with Crippen molar-refractivity contribution in [1.82, 2.24) is 3.80 Å². The normalized spacial score (nSPS) is 13.9. The van der Waals surface area contributed by atoms with Gasteiger partial charge in [0.25, 0.3) is 0 Å². The van der Waals surface area contributed by atoms with Gasteiger partial charge in [-0.3, -0.25) is 0 Å². The molecule has 4 aromatic carbocycles. The van der Waals surface area contributed by atoms with E-state index < -0.39 is 16.8 Å². The number of allylic oxidation sites excluding steroid dienone is 2. The summed E-state index contributed by atoms with van der Waals surface area (Å²) >= 11 is -2.91. The third kappa shape index (κ3) is 4.65. The van der Waals surface area contributed by atoms with Crippen LogP contribution in [0, 0.1) is 0 Å². The predicted octanol–water partition coefficient (Wildman–Crippen LogP) is -0.710. The molecule has 34 heavy (non-hydrogen) atoms. The molecule has 4 aromatic rings. The van der Waals surface area contributed by atoms with Crippen molar-refractivity contribution >= 4 is 47.9 Å². The van der Waals surface area contributed by atoms with E-state index in [0.717, 1.165) is 5.56 Å². The van der Waals surface area contributed by atoms with Crippen LogP contribution in [0.25, 0.3) is 27.1 Å². The molecule has 0 bridgehead atoms. The Labute approximate surface area is 222 Å². The molecule has 176 valence electrons. The van der Waals surface area contributed by atoms with Gasteiger partial charge in [0.1, 0.15) is 0 Å². The van der Waals surface area contributed by atoms with Crippen molar-refractivity contribution < 1.29 is 46.5 Å². The molecule has 1 unspecified atom stereocenters. The van der Waals surface area contributed by atoms with E-state index in [9.17, 15) is 4.79 Å². The Hall–Kier alpha value is -1.88. The van der Waals surface area contributed by atoms with E-state index in [-0.39, 0.29) is 41.7 Å². The summed E-state index contributed by atoms with van der Waals surface area (Å²) in [6.45, 7) is 4.52. The number of amides is 1. The summed E-state index contributed by atoms with van der Waals surface area (Å²) < 4.78 is 4.82. The smallest absolute Gasteiger partial charge is 0.0149 e. The summed E-state index contributed by atoms with van der Waals surface area (Å²) in [7, 11) is 0. The summed E-state index contributed by atoms with van der Waals surface area (Å²) in [5.74, 6) is 0.397. The number of carbonyl (C=O) groups is 1. The minimum atomic E-state index is -2.91. The van der Waals surface area contributed by atoms with Crippen LogP contribution in [-0.4, -0.2) is 16.9 Å². The third-order valence-electron chi connectivity index (χ3n) is 6.57. The van der Waals surface area contributed by atoms with Crippen LogP contribution in [0.4, 0.5) is 0 Å². The van der Waals surface area contributed by atoms with Gasteiger partial charge in [-0.15, -0.1) is 0 Å². The topological polar surface area (TPSA) is 29.1 Å². The van der Waals surface area contributed by atoms with Crippen LogP contribution in [0.5, 0.6) is 0 Å². The van der Waals surface area contributed by atoms with Crippen molar-refractivity contribution in [3.8, 4) is 0 Å². The molecule has 2 nitrogen and oxygen atoms in total. The zero-order chi connectivity index (χ0) is 21.8. The second kappa shape index (κ2) is 10.8. The molecule has 1 aliphatic rings. The van der Waals surface area contributed by atoms with Gasteiger partial charge in [-0.25, -0.2) is 0 Å². The van der Waals surface area contributed by atoms with E-state index in [0.29, 0.717) is 5.92 Å². The number of hydrogen-bond donors (Lipinski definition) is 1. The molecule has 6 heteroatoms. The second-order valence-electron chi connectivity index (χ2n) is 9.15. The van der Waals surface area contributed by atoms with Crippen LogP contribution in [0.15, 0.2) is 78.9 Å². The Morgan fingerprint density at radius 1 is 0.824 bits per heavy atom. The summed E-state index contributed by atoms with van der Waals surface area (Å²) in [4.78, 5) is 13.1. The van der Waals surface area contributed by atoms with E-state index in [1.165, 1.54) is 42.1 Å². The maximum atomic E-state index is 13.1. The molecular formula is C28H31Cl2NOSiTi. The molecule has 1 aliphatic carbocycles. The van der Waals surface area contributed by atoms with Crippen molar-refractivity contribution in [2.24, 2.45) is 0 Å². The van der Waals surface area contributed by atoms with Crippen molar-refractivity contribution in [2.45, 2.75) is 30.2 Å². The molecule has 0 aromatic heterocycles. The van der Waals surface area contributed by atoms with E-state index in [1.807, 2.05) is 30.3 Å². The molecule has 5 rings (SSSR count). The molecule has 1 amide bonds. The molecule has 0 saturated carbocycles. The predicted molar refractivity (Wildman–Crippen MR) is 140 cm³/mol. The van der Waals surface area contributed by atoms with E-state index >= 15 is 0 Å². The number of carbonyl (C=O) groups excluding carboxylic acids is 1. The van der Waals surface area contributed by atoms with Crippen molar-refractivity contribution in [3.05, 3.63) is 95.6 Å². The zero-order valence-electron chi connectivity index (χ0n) is 19.2. The number of nitrogens with one attached hydrogen (secondary N) is 1. The Morgan fingerprint density at radius 3 is 2.09 bits per heavy atom. The van der Waals surface area contributed by atoms with Crippen molar-refractivity contribution in [1.29, 1.82) is 0 Å². The standard InChI is InChI=1S/C19H15.C7H7NO.2CH3.2ClH.H4Si.Ti/c1-12-11-13(2)19-17-10-6-4-8-15(17)14-7-3-5-9-16(14)18(12)19;8-7(9)6-4-2-1-3-5-6;;;;;;/h3-9,11,13H,1-2H3;1-5H,(H2,8,9);2*1H3;2*1H;1H4;/q;;;;;;;+3/p-3. The summed E-state index contributed by atoms with van der Waals surface area (Å²) in [6, 6.07) is 25.0. The number of hydrogen-bond acceptors (Lipinski definition) is 1. The van der Waals surface area contributed by atoms with Gasteiger partial charge in [0, 0.05) is 0 Å². The van der Waals surface area contributed by atoms with Crippen LogP contribution in [0.2, 0.25) is 10.5 Å². The first kappa shape index (κ1) is 28.4. The van der Waals surface area contributed by atoms with Gasteiger partial charge in [0.15, 0.2) is 0 Å². The molecule has 0 spiro atoms. The minimum Gasteiger partial charge on any atom is -1.00 e. The van der Waals surface area contributed by atoms with Gasteiger partial charge in [-0.1, -0.05) is 0 Å². The maximum Gasteiger partial charge on any atom is -0.0149 e. The molecule has 0 fully saturated rings. The summed E-state index contributed by atoms with van der Waals surface area (Å²) in [6.07, 6.45) is 2.38. The number of benzene rings is 4. The molecule has 0 aliphatic heterocycles. The van der Waals surface area contributed by atoms with Gasteiger partial charge in [-0.05, 0) is 11.0 Å². The first-order chi connectivity index (χ1) is 14.9. The van der Waals surface area contributed by atoms with Gasteiger partial charge in [0.05, 0.1) is 0 Å². The van der Waals surface area contributed by atoms with Gasteiger partial charge in [-0.2, -0.15) is 0 Å².